The second-order valence-electron chi connectivity index (χ2n) is 6.66. The van der Waals surface area contributed by atoms with Crippen molar-refractivity contribution < 1.29 is 4.74 Å². The first-order chi connectivity index (χ1) is 12.3. The van der Waals surface area contributed by atoms with E-state index in [-0.39, 0.29) is 24.0 Å². The Bertz CT molecular complexity index is 530. The predicted molar refractivity (Wildman–Crippen MR) is 120 cm³/mol. The number of likely N-dealkylation sites (tertiary alicyclic amines) is 1. The molecule has 0 aliphatic carbocycles. The maximum absolute atomic E-state index is 5.29. The summed E-state index contributed by atoms with van der Waals surface area (Å²) >= 11 is 0. The largest absolute Gasteiger partial charge is 0.380 e. The van der Waals surface area contributed by atoms with Gasteiger partial charge in [-0.05, 0) is 43.9 Å². The second kappa shape index (κ2) is 13.3. The Balaban J connectivity index is 0.00000338. The van der Waals surface area contributed by atoms with E-state index in [4.69, 9.17) is 9.73 Å². The maximum atomic E-state index is 5.29. The van der Waals surface area contributed by atoms with E-state index in [1.165, 1.54) is 50.0 Å². The number of hydrogen-bond acceptors (Lipinski definition) is 3. The Morgan fingerprint density at radius 1 is 1.19 bits per heavy atom. The quantitative estimate of drug-likeness (QED) is 0.345. The highest BCUT2D eigenvalue weighted by Gasteiger charge is 2.19. The second-order valence-corrected chi connectivity index (χ2v) is 6.66. The molecule has 1 saturated heterocycles. The molecule has 0 aromatic heterocycles. The average Bonchev–Trinajstić information content (AvgIpc) is 2.63. The molecule has 1 aliphatic heterocycles. The van der Waals surface area contributed by atoms with E-state index in [0.29, 0.717) is 19.2 Å². The third-order valence-electron chi connectivity index (χ3n) is 4.64. The lowest BCUT2D eigenvalue weighted by Crippen LogP contribution is -2.48. The van der Waals surface area contributed by atoms with Crippen LogP contribution < -0.4 is 10.6 Å². The highest BCUT2D eigenvalue weighted by Crippen LogP contribution is 2.12. The number of aliphatic imine (C=N–C) groups is 1. The van der Waals surface area contributed by atoms with Crippen LogP contribution in [-0.2, 0) is 17.9 Å². The zero-order chi connectivity index (χ0) is 17.9. The first kappa shape index (κ1) is 23.2. The molecule has 1 aromatic carbocycles. The lowest BCUT2D eigenvalue weighted by Gasteiger charge is -2.32. The summed E-state index contributed by atoms with van der Waals surface area (Å²) < 4.78 is 5.29. The summed E-state index contributed by atoms with van der Waals surface area (Å²) in [6.45, 7) is 10.1. The van der Waals surface area contributed by atoms with Crippen LogP contribution in [0.2, 0.25) is 0 Å². The molecule has 0 atom stereocenters. The van der Waals surface area contributed by atoms with Crippen LogP contribution in [0.5, 0.6) is 0 Å². The van der Waals surface area contributed by atoms with Crippen LogP contribution in [0.25, 0.3) is 0 Å². The SMILES string of the molecule is CCCN1CCC(NC(=NCc2ccccc2COC)NCC)CC1.I. The minimum absolute atomic E-state index is 0. The molecule has 0 saturated carbocycles. The summed E-state index contributed by atoms with van der Waals surface area (Å²) in [4.78, 5) is 7.36. The van der Waals surface area contributed by atoms with Crippen molar-refractivity contribution in [3.8, 4) is 0 Å². The van der Waals surface area contributed by atoms with Crippen molar-refractivity contribution in [2.45, 2.75) is 52.3 Å². The lowest BCUT2D eigenvalue weighted by molar-refractivity contribution is 0.184. The number of hydrogen-bond donors (Lipinski definition) is 2. The summed E-state index contributed by atoms with van der Waals surface area (Å²) in [6, 6.07) is 8.87. The standard InChI is InChI=1S/C20H34N4O.HI/c1-4-12-24-13-10-19(11-14-24)23-20(21-5-2)22-15-17-8-6-7-9-18(17)16-25-3;/h6-9,19H,4-5,10-16H2,1-3H3,(H2,21,22,23);1H. The molecule has 0 spiro atoms. The number of nitrogens with one attached hydrogen (secondary N) is 2. The number of halogens is 1. The van der Waals surface area contributed by atoms with Gasteiger partial charge in [0.25, 0.3) is 0 Å². The third-order valence-corrected chi connectivity index (χ3v) is 4.64. The summed E-state index contributed by atoms with van der Waals surface area (Å²) in [6.07, 6.45) is 3.61. The van der Waals surface area contributed by atoms with Crippen LogP contribution in [-0.4, -0.2) is 50.2 Å². The molecule has 0 radical (unpaired) electrons. The predicted octanol–water partition coefficient (Wildman–Crippen LogP) is 3.38. The van der Waals surface area contributed by atoms with Gasteiger partial charge in [-0.2, -0.15) is 0 Å². The van der Waals surface area contributed by atoms with Crippen molar-refractivity contribution >= 4 is 29.9 Å². The first-order valence-corrected chi connectivity index (χ1v) is 9.59. The molecule has 1 aromatic rings. The van der Waals surface area contributed by atoms with Crippen molar-refractivity contribution in [1.82, 2.24) is 15.5 Å². The number of piperidine rings is 1. The minimum Gasteiger partial charge on any atom is -0.380 e. The highest BCUT2D eigenvalue weighted by molar-refractivity contribution is 14.0. The zero-order valence-electron chi connectivity index (χ0n) is 16.5. The van der Waals surface area contributed by atoms with Gasteiger partial charge in [-0.3, -0.25) is 0 Å². The van der Waals surface area contributed by atoms with Gasteiger partial charge >= 0.3 is 0 Å². The topological polar surface area (TPSA) is 48.9 Å². The van der Waals surface area contributed by atoms with Crippen LogP contribution in [0.1, 0.15) is 44.2 Å². The van der Waals surface area contributed by atoms with Gasteiger partial charge in [0.1, 0.15) is 0 Å². The number of guanidine groups is 1. The number of rotatable bonds is 8. The van der Waals surface area contributed by atoms with Crippen LogP contribution in [0, 0.1) is 0 Å². The van der Waals surface area contributed by atoms with Crippen LogP contribution >= 0.6 is 24.0 Å². The van der Waals surface area contributed by atoms with Gasteiger partial charge in [-0.1, -0.05) is 31.2 Å². The van der Waals surface area contributed by atoms with Crippen LogP contribution in [0.3, 0.4) is 0 Å². The fourth-order valence-electron chi connectivity index (χ4n) is 3.30. The Morgan fingerprint density at radius 3 is 2.50 bits per heavy atom. The molecule has 6 heteroatoms. The van der Waals surface area contributed by atoms with E-state index in [9.17, 15) is 0 Å². The number of benzene rings is 1. The average molecular weight is 474 g/mol. The first-order valence-electron chi connectivity index (χ1n) is 9.59. The van der Waals surface area contributed by atoms with Gasteiger partial charge in [-0.25, -0.2) is 4.99 Å². The number of ether oxygens (including phenoxy) is 1. The summed E-state index contributed by atoms with van der Waals surface area (Å²) in [5.74, 6) is 0.920. The molecule has 148 valence electrons. The Kier molecular flexibility index (Phi) is 11.9. The number of nitrogens with zero attached hydrogens (tertiary/aromatic N) is 2. The molecule has 1 aliphatic rings. The van der Waals surface area contributed by atoms with Gasteiger partial charge in [0, 0.05) is 32.8 Å². The lowest BCUT2D eigenvalue weighted by atomic mass is 10.1. The van der Waals surface area contributed by atoms with Crippen LogP contribution in [0.15, 0.2) is 29.3 Å². The maximum Gasteiger partial charge on any atom is 0.191 e. The molecule has 0 amide bonds. The monoisotopic (exact) mass is 474 g/mol. The summed E-state index contributed by atoms with van der Waals surface area (Å²) in [5.41, 5.74) is 2.43. The van der Waals surface area contributed by atoms with E-state index in [0.717, 1.165) is 12.5 Å². The normalized spacial score (nSPS) is 16.2. The number of methoxy groups -OCH3 is 1. The Hall–Kier alpha value is -0.860. The third kappa shape index (κ3) is 7.80. The molecule has 0 bridgehead atoms. The fourth-order valence-corrected chi connectivity index (χ4v) is 3.30. The van der Waals surface area contributed by atoms with Crippen molar-refractivity contribution in [2.24, 2.45) is 4.99 Å². The summed E-state index contributed by atoms with van der Waals surface area (Å²) in [5, 5.41) is 7.00. The molecule has 5 nitrogen and oxygen atoms in total. The minimum atomic E-state index is 0. The molecular formula is C20H35IN4O. The van der Waals surface area contributed by atoms with E-state index >= 15 is 0 Å². The smallest absolute Gasteiger partial charge is 0.191 e. The summed E-state index contributed by atoms with van der Waals surface area (Å²) in [7, 11) is 1.73. The van der Waals surface area contributed by atoms with E-state index < -0.39 is 0 Å². The zero-order valence-corrected chi connectivity index (χ0v) is 18.8. The van der Waals surface area contributed by atoms with Gasteiger partial charge in [0.15, 0.2) is 5.96 Å². The Morgan fingerprint density at radius 2 is 1.88 bits per heavy atom. The van der Waals surface area contributed by atoms with E-state index in [1.807, 2.05) is 0 Å². The molecule has 26 heavy (non-hydrogen) atoms. The Labute approximate surface area is 176 Å². The van der Waals surface area contributed by atoms with Crippen molar-refractivity contribution in [3.05, 3.63) is 35.4 Å². The van der Waals surface area contributed by atoms with E-state index in [2.05, 4.69) is 53.6 Å². The van der Waals surface area contributed by atoms with Crippen molar-refractivity contribution in [1.29, 1.82) is 0 Å². The molecule has 0 unspecified atom stereocenters. The van der Waals surface area contributed by atoms with Crippen molar-refractivity contribution in [3.63, 3.8) is 0 Å². The fraction of sp³-hybridized carbons (Fsp3) is 0.650. The highest BCUT2D eigenvalue weighted by atomic mass is 127. The van der Waals surface area contributed by atoms with Gasteiger partial charge in [0.05, 0.1) is 13.2 Å². The van der Waals surface area contributed by atoms with Gasteiger partial charge in [0.2, 0.25) is 0 Å². The molecule has 2 N–H and O–H groups in total. The molecule has 2 rings (SSSR count). The molecule has 1 fully saturated rings. The van der Waals surface area contributed by atoms with E-state index in [1.54, 1.807) is 7.11 Å². The molecular weight excluding hydrogens is 439 g/mol. The van der Waals surface area contributed by atoms with Gasteiger partial charge < -0.3 is 20.3 Å². The van der Waals surface area contributed by atoms with Crippen molar-refractivity contribution in [2.75, 3.05) is 33.3 Å². The van der Waals surface area contributed by atoms with Crippen LogP contribution in [0.4, 0.5) is 0 Å². The van der Waals surface area contributed by atoms with Gasteiger partial charge in [-0.15, -0.1) is 24.0 Å². The molecule has 1 heterocycles.